The number of ketones is 1. The number of benzene rings is 2. The van der Waals surface area contributed by atoms with Crippen LogP contribution >= 0.6 is 11.6 Å². The zero-order valence-electron chi connectivity index (χ0n) is 13.0. The summed E-state index contributed by atoms with van der Waals surface area (Å²) in [6.45, 7) is 3.01. The summed E-state index contributed by atoms with van der Waals surface area (Å²) in [6.07, 6.45) is -1.03. The predicted molar refractivity (Wildman–Crippen MR) is 88.5 cm³/mol. The van der Waals surface area contributed by atoms with Gasteiger partial charge in [0.25, 0.3) is 5.69 Å². The molecular formula is C17H14ClNO5. The molecule has 24 heavy (non-hydrogen) atoms. The average Bonchev–Trinajstić information content (AvgIpc) is 2.54. The van der Waals surface area contributed by atoms with E-state index in [0.717, 1.165) is 6.07 Å². The Bertz CT molecular complexity index is 801. The molecule has 0 amide bonds. The minimum atomic E-state index is -1.03. The number of hydrogen-bond donors (Lipinski definition) is 0. The number of hydrogen-bond acceptors (Lipinski definition) is 5. The van der Waals surface area contributed by atoms with Gasteiger partial charge in [-0.15, -0.1) is 0 Å². The van der Waals surface area contributed by atoms with Gasteiger partial charge in [-0.3, -0.25) is 14.9 Å². The van der Waals surface area contributed by atoms with E-state index >= 15 is 0 Å². The molecule has 7 heteroatoms. The number of nitrogens with zero attached hydrogens (tertiary/aromatic N) is 1. The van der Waals surface area contributed by atoms with Crippen LogP contribution in [0.1, 0.15) is 33.2 Å². The molecule has 0 saturated heterocycles. The highest BCUT2D eigenvalue weighted by atomic mass is 35.5. The number of carbonyl (C=O) groups excluding carboxylic acids is 2. The number of halogens is 1. The molecule has 124 valence electrons. The molecule has 0 bridgehead atoms. The van der Waals surface area contributed by atoms with Gasteiger partial charge in [-0.1, -0.05) is 17.7 Å². The van der Waals surface area contributed by atoms with Gasteiger partial charge in [0.2, 0.25) is 5.78 Å². The highest BCUT2D eigenvalue weighted by Crippen LogP contribution is 2.20. The first kappa shape index (κ1) is 17.6. The summed E-state index contributed by atoms with van der Waals surface area (Å²) in [6, 6.07) is 10.2. The maximum atomic E-state index is 12.2. The molecule has 0 aliphatic carbocycles. The fourth-order valence-corrected chi connectivity index (χ4v) is 2.19. The molecule has 0 aliphatic rings. The summed E-state index contributed by atoms with van der Waals surface area (Å²) in [7, 11) is 0. The van der Waals surface area contributed by atoms with E-state index in [1.165, 1.54) is 31.2 Å². The Morgan fingerprint density at radius 3 is 2.29 bits per heavy atom. The van der Waals surface area contributed by atoms with Crippen LogP contribution in [-0.2, 0) is 4.74 Å². The first-order valence-electron chi connectivity index (χ1n) is 7.05. The maximum absolute atomic E-state index is 12.2. The first-order chi connectivity index (χ1) is 11.3. The third-order valence-electron chi connectivity index (χ3n) is 3.42. The van der Waals surface area contributed by atoms with Crippen molar-refractivity contribution in [2.75, 3.05) is 0 Å². The van der Waals surface area contributed by atoms with Crippen LogP contribution in [0.25, 0.3) is 0 Å². The van der Waals surface area contributed by atoms with E-state index in [0.29, 0.717) is 16.1 Å². The summed E-state index contributed by atoms with van der Waals surface area (Å²) in [5, 5.41) is 11.4. The van der Waals surface area contributed by atoms with E-state index < -0.39 is 17.0 Å². The molecule has 6 nitrogen and oxygen atoms in total. The molecule has 0 aromatic heterocycles. The largest absolute Gasteiger partial charge is 0.451 e. The number of Topliss-reactive ketones (excluding diaryl/α,β-unsaturated/α-hetero) is 1. The van der Waals surface area contributed by atoms with Crippen molar-refractivity contribution in [2.24, 2.45) is 0 Å². The fraction of sp³-hybridized carbons (Fsp3) is 0.176. The van der Waals surface area contributed by atoms with E-state index in [2.05, 4.69) is 0 Å². The number of ether oxygens (including phenoxy) is 1. The molecule has 0 saturated carbocycles. The van der Waals surface area contributed by atoms with Crippen LogP contribution in [0.4, 0.5) is 5.69 Å². The lowest BCUT2D eigenvalue weighted by molar-refractivity contribution is -0.385. The second-order valence-corrected chi connectivity index (χ2v) is 5.61. The second-order valence-electron chi connectivity index (χ2n) is 5.18. The summed E-state index contributed by atoms with van der Waals surface area (Å²) in [5.74, 6) is -1.19. The third kappa shape index (κ3) is 3.97. The molecule has 0 unspecified atom stereocenters. The monoisotopic (exact) mass is 347 g/mol. The van der Waals surface area contributed by atoms with Gasteiger partial charge in [-0.05, 0) is 44.2 Å². The lowest BCUT2D eigenvalue weighted by Crippen LogP contribution is -2.24. The Morgan fingerprint density at radius 2 is 1.71 bits per heavy atom. The number of carbonyl (C=O) groups is 2. The van der Waals surface area contributed by atoms with Gasteiger partial charge in [0.1, 0.15) is 0 Å². The molecule has 0 N–H and O–H groups in total. The number of nitro benzene ring substituents is 1. The third-order valence-corrected chi connectivity index (χ3v) is 3.68. The Kier molecular flexibility index (Phi) is 5.31. The van der Waals surface area contributed by atoms with Crippen molar-refractivity contribution < 1.29 is 19.2 Å². The summed E-state index contributed by atoms with van der Waals surface area (Å²) < 4.78 is 5.11. The van der Waals surface area contributed by atoms with Crippen molar-refractivity contribution in [3.63, 3.8) is 0 Å². The highest BCUT2D eigenvalue weighted by molar-refractivity contribution is 6.30. The number of nitro groups is 1. The van der Waals surface area contributed by atoms with Gasteiger partial charge in [0, 0.05) is 22.2 Å². The zero-order valence-corrected chi connectivity index (χ0v) is 13.7. The molecule has 1 atom stereocenters. The zero-order chi connectivity index (χ0) is 17.9. The van der Waals surface area contributed by atoms with Crippen LogP contribution in [0.5, 0.6) is 0 Å². The minimum Gasteiger partial charge on any atom is -0.451 e. The van der Waals surface area contributed by atoms with Crippen molar-refractivity contribution in [1.29, 1.82) is 0 Å². The number of esters is 1. The van der Waals surface area contributed by atoms with Crippen molar-refractivity contribution >= 4 is 29.0 Å². The predicted octanol–water partition coefficient (Wildman–Crippen LogP) is 3.98. The van der Waals surface area contributed by atoms with Crippen molar-refractivity contribution in [3.05, 3.63) is 74.3 Å². The first-order valence-corrected chi connectivity index (χ1v) is 7.43. The molecule has 0 fully saturated rings. The van der Waals surface area contributed by atoms with Gasteiger partial charge in [0.15, 0.2) is 6.10 Å². The maximum Gasteiger partial charge on any atom is 0.339 e. The summed E-state index contributed by atoms with van der Waals surface area (Å²) >= 11 is 5.76. The van der Waals surface area contributed by atoms with Gasteiger partial charge < -0.3 is 4.74 Å². The van der Waals surface area contributed by atoms with E-state index in [-0.39, 0.29) is 17.0 Å². The number of rotatable bonds is 5. The summed E-state index contributed by atoms with van der Waals surface area (Å²) in [5.41, 5.74) is 0.626. The Balaban J connectivity index is 2.14. The van der Waals surface area contributed by atoms with E-state index in [9.17, 15) is 19.7 Å². The van der Waals surface area contributed by atoms with Gasteiger partial charge >= 0.3 is 5.97 Å². The molecule has 2 aromatic rings. The number of aryl methyl sites for hydroxylation is 1. The quantitative estimate of drug-likeness (QED) is 0.353. The standard InChI is InChI=1S/C17H14ClNO5/c1-10-3-4-13(9-15(10)19(22)23)17(21)24-11(2)16(20)12-5-7-14(18)8-6-12/h3-9,11H,1-2H3/t11-/m0/s1. The fourth-order valence-electron chi connectivity index (χ4n) is 2.06. The van der Waals surface area contributed by atoms with E-state index in [4.69, 9.17) is 16.3 Å². The smallest absolute Gasteiger partial charge is 0.339 e. The molecule has 0 spiro atoms. The van der Waals surface area contributed by atoms with Crippen LogP contribution in [0, 0.1) is 17.0 Å². The van der Waals surface area contributed by atoms with Gasteiger partial charge in [-0.2, -0.15) is 0 Å². The topological polar surface area (TPSA) is 86.5 Å². The Labute approximate surface area is 143 Å². The SMILES string of the molecule is Cc1ccc(C(=O)O[C@@H](C)C(=O)c2ccc(Cl)cc2)cc1[N+](=O)[O-]. The van der Waals surface area contributed by atoms with Crippen LogP contribution in [-0.4, -0.2) is 22.8 Å². The van der Waals surface area contributed by atoms with Crippen LogP contribution in [0.2, 0.25) is 5.02 Å². The normalized spacial score (nSPS) is 11.6. The van der Waals surface area contributed by atoms with Crippen molar-refractivity contribution in [1.82, 2.24) is 0 Å². The average molecular weight is 348 g/mol. The van der Waals surface area contributed by atoms with Crippen molar-refractivity contribution in [2.45, 2.75) is 20.0 Å². The van der Waals surface area contributed by atoms with Crippen LogP contribution in [0.15, 0.2) is 42.5 Å². The van der Waals surface area contributed by atoms with Crippen molar-refractivity contribution in [3.8, 4) is 0 Å². The molecule has 2 rings (SSSR count). The molecular weight excluding hydrogens is 334 g/mol. The van der Waals surface area contributed by atoms with E-state index in [1.54, 1.807) is 19.1 Å². The van der Waals surface area contributed by atoms with Crippen LogP contribution < -0.4 is 0 Å². The van der Waals surface area contributed by atoms with E-state index in [1.807, 2.05) is 0 Å². The highest BCUT2D eigenvalue weighted by Gasteiger charge is 2.22. The summed E-state index contributed by atoms with van der Waals surface area (Å²) in [4.78, 5) is 34.7. The molecule has 0 aliphatic heterocycles. The Morgan fingerprint density at radius 1 is 1.12 bits per heavy atom. The lowest BCUT2D eigenvalue weighted by atomic mass is 10.1. The second kappa shape index (κ2) is 7.23. The minimum absolute atomic E-state index is 0.0167. The van der Waals surface area contributed by atoms with Gasteiger partial charge in [-0.25, -0.2) is 4.79 Å². The Hall–Kier alpha value is -2.73. The lowest BCUT2D eigenvalue weighted by Gasteiger charge is -2.12. The molecule has 0 heterocycles. The molecule has 2 aromatic carbocycles. The molecule has 0 radical (unpaired) electrons. The van der Waals surface area contributed by atoms with Gasteiger partial charge in [0.05, 0.1) is 10.5 Å². The van der Waals surface area contributed by atoms with Crippen LogP contribution in [0.3, 0.4) is 0 Å².